The summed E-state index contributed by atoms with van der Waals surface area (Å²) in [5.41, 5.74) is 0.814. The molecule has 0 spiro atoms. The molecule has 0 saturated carbocycles. The Kier molecular flexibility index (Phi) is 5.63. The van der Waals surface area contributed by atoms with Gasteiger partial charge in [0, 0.05) is 14.9 Å². The number of halogens is 1. The third-order valence-electron chi connectivity index (χ3n) is 2.87. The van der Waals surface area contributed by atoms with Crippen molar-refractivity contribution in [3.8, 4) is 0 Å². The molecule has 0 saturated heterocycles. The first-order valence-corrected chi connectivity index (χ1v) is 8.36. The monoisotopic (exact) mass is 379 g/mol. The fourth-order valence-corrected chi connectivity index (χ4v) is 2.97. The Hall–Kier alpha value is -1.79. The molecule has 0 aliphatic carbocycles. The number of hydrogen-bond acceptors (Lipinski definition) is 3. The van der Waals surface area contributed by atoms with Crippen LogP contribution in [0.5, 0.6) is 0 Å². The van der Waals surface area contributed by atoms with E-state index < -0.39 is 5.97 Å². The summed E-state index contributed by atoms with van der Waals surface area (Å²) in [6.07, 6.45) is 0. The maximum Gasteiger partial charge on any atom is 0.337 e. The second-order valence-electron chi connectivity index (χ2n) is 4.41. The molecule has 0 radical (unpaired) electrons. The number of rotatable bonds is 5. The predicted molar refractivity (Wildman–Crippen MR) is 91.9 cm³/mol. The SMILES string of the molecule is CCSc1cccc(C(=O)Nc2ccc(Br)cc2C(=O)O)c1. The lowest BCUT2D eigenvalue weighted by molar-refractivity contribution is 0.0698. The molecule has 2 rings (SSSR count). The first-order valence-electron chi connectivity index (χ1n) is 6.58. The van der Waals surface area contributed by atoms with Crippen LogP contribution in [0.15, 0.2) is 51.8 Å². The van der Waals surface area contributed by atoms with Crippen LogP contribution in [0.2, 0.25) is 0 Å². The van der Waals surface area contributed by atoms with Crippen LogP contribution in [0.1, 0.15) is 27.6 Å². The quantitative estimate of drug-likeness (QED) is 0.749. The minimum atomic E-state index is -1.09. The van der Waals surface area contributed by atoms with Crippen LogP contribution in [0.3, 0.4) is 0 Å². The normalized spacial score (nSPS) is 10.3. The lowest BCUT2D eigenvalue weighted by Gasteiger charge is -2.09. The average Bonchev–Trinajstić information content (AvgIpc) is 2.49. The van der Waals surface area contributed by atoms with Gasteiger partial charge in [0.25, 0.3) is 5.91 Å². The van der Waals surface area contributed by atoms with Gasteiger partial charge in [-0.1, -0.05) is 28.9 Å². The highest BCUT2D eigenvalue weighted by Gasteiger charge is 2.14. The van der Waals surface area contributed by atoms with Gasteiger partial charge in [0.05, 0.1) is 11.3 Å². The summed E-state index contributed by atoms with van der Waals surface area (Å²) in [6, 6.07) is 12.0. The zero-order valence-electron chi connectivity index (χ0n) is 11.8. The zero-order chi connectivity index (χ0) is 16.1. The van der Waals surface area contributed by atoms with Crippen molar-refractivity contribution in [1.82, 2.24) is 0 Å². The number of carboxylic acid groups (broad SMARTS) is 1. The van der Waals surface area contributed by atoms with Crippen LogP contribution in [0.4, 0.5) is 5.69 Å². The van der Waals surface area contributed by atoms with Crippen molar-refractivity contribution < 1.29 is 14.7 Å². The lowest BCUT2D eigenvalue weighted by Crippen LogP contribution is -2.14. The number of carboxylic acids is 1. The molecule has 22 heavy (non-hydrogen) atoms. The van der Waals surface area contributed by atoms with E-state index in [2.05, 4.69) is 21.2 Å². The largest absolute Gasteiger partial charge is 0.478 e. The van der Waals surface area contributed by atoms with E-state index in [4.69, 9.17) is 0 Å². The van der Waals surface area contributed by atoms with Gasteiger partial charge >= 0.3 is 5.97 Å². The summed E-state index contributed by atoms with van der Waals surface area (Å²) < 4.78 is 0.643. The smallest absolute Gasteiger partial charge is 0.337 e. The van der Waals surface area contributed by atoms with E-state index in [0.29, 0.717) is 10.0 Å². The molecule has 2 aromatic rings. The number of carbonyl (C=O) groups is 2. The van der Waals surface area contributed by atoms with Crippen molar-refractivity contribution in [2.45, 2.75) is 11.8 Å². The Morgan fingerprint density at radius 1 is 1.23 bits per heavy atom. The van der Waals surface area contributed by atoms with E-state index in [1.165, 1.54) is 6.07 Å². The third kappa shape index (κ3) is 4.11. The number of carbonyl (C=O) groups excluding carboxylic acids is 1. The van der Waals surface area contributed by atoms with Gasteiger partial charge in [-0.3, -0.25) is 4.79 Å². The van der Waals surface area contributed by atoms with Crippen LogP contribution in [0, 0.1) is 0 Å². The summed E-state index contributed by atoms with van der Waals surface area (Å²) in [5.74, 6) is -0.503. The topological polar surface area (TPSA) is 66.4 Å². The summed E-state index contributed by atoms with van der Waals surface area (Å²) in [7, 11) is 0. The van der Waals surface area contributed by atoms with Gasteiger partial charge in [0.15, 0.2) is 0 Å². The van der Waals surface area contributed by atoms with Crippen molar-refractivity contribution in [2.75, 3.05) is 11.1 Å². The minimum absolute atomic E-state index is 0.0433. The van der Waals surface area contributed by atoms with E-state index in [0.717, 1.165) is 10.6 Å². The highest BCUT2D eigenvalue weighted by atomic mass is 79.9. The van der Waals surface area contributed by atoms with Gasteiger partial charge < -0.3 is 10.4 Å². The van der Waals surface area contributed by atoms with Crippen molar-refractivity contribution in [1.29, 1.82) is 0 Å². The fraction of sp³-hybridized carbons (Fsp3) is 0.125. The summed E-state index contributed by atoms with van der Waals surface area (Å²) in [4.78, 5) is 24.6. The molecule has 0 fully saturated rings. The molecule has 114 valence electrons. The summed E-state index contributed by atoms with van der Waals surface area (Å²) in [6.45, 7) is 2.04. The first kappa shape index (κ1) is 16.6. The van der Waals surface area contributed by atoms with Gasteiger partial charge in [-0.25, -0.2) is 4.79 Å². The molecule has 0 heterocycles. The highest BCUT2D eigenvalue weighted by Crippen LogP contribution is 2.23. The second-order valence-corrected chi connectivity index (χ2v) is 6.66. The van der Waals surface area contributed by atoms with Crippen molar-refractivity contribution in [2.24, 2.45) is 0 Å². The number of anilines is 1. The second kappa shape index (κ2) is 7.47. The molecule has 2 N–H and O–H groups in total. The van der Waals surface area contributed by atoms with E-state index >= 15 is 0 Å². The minimum Gasteiger partial charge on any atom is -0.478 e. The number of benzene rings is 2. The first-order chi connectivity index (χ1) is 10.5. The maximum atomic E-state index is 12.3. The number of hydrogen-bond donors (Lipinski definition) is 2. The third-order valence-corrected chi connectivity index (χ3v) is 4.24. The standard InChI is InChI=1S/C16H14BrNO3S/c1-2-22-12-5-3-4-10(8-12)15(19)18-14-7-6-11(17)9-13(14)16(20)21/h3-9H,2H2,1H3,(H,18,19)(H,20,21). The van der Waals surface area contributed by atoms with Crippen molar-refractivity contribution in [3.63, 3.8) is 0 Å². The van der Waals surface area contributed by atoms with Crippen LogP contribution < -0.4 is 5.32 Å². The number of aromatic carboxylic acids is 1. The summed E-state index contributed by atoms with van der Waals surface area (Å²) in [5, 5.41) is 11.9. The molecule has 0 bridgehead atoms. The van der Waals surface area contributed by atoms with Crippen LogP contribution in [0.25, 0.3) is 0 Å². The van der Waals surface area contributed by atoms with Gasteiger partial charge in [0.1, 0.15) is 0 Å². The molecule has 4 nitrogen and oxygen atoms in total. The molecular weight excluding hydrogens is 366 g/mol. The maximum absolute atomic E-state index is 12.3. The Bertz CT molecular complexity index is 718. The number of thioether (sulfide) groups is 1. The lowest BCUT2D eigenvalue weighted by atomic mass is 10.1. The number of nitrogens with one attached hydrogen (secondary N) is 1. The molecule has 2 aromatic carbocycles. The Morgan fingerprint density at radius 2 is 2.00 bits per heavy atom. The predicted octanol–water partition coefficient (Wildman–Crippen LogP) is 4.51. The van der Waals surface area contributed by atoms with Crippen LogP contribution in [-0.4, -0.2) is 22.7 Å². The average molecular weight is 380 g/mol. The van der Waals surface area contributed by atoms with Crippen molar-refractivity contribution in [3.05, 3.63) is 58.1 Å². The Labute approximate surface area is 141 Å². The summed E-state index contributed by atoms with van der Waals surface area (Å²) >= 11 is 4.87. The molecule has 6 heteroatoms. The van der Waals surface area contributed by atoms with Crippen molar-refractivity contribution >= 4 is 45.3 Å². The van der Waals surface area contributed by atoms with Crippen LogP contribution >= 0.6 is 27.7 Å². The zero-order valence-corrected chi connectivity index (χ0v) is 14.2. The van der Waals surface area contributed by atoms with Gasteiger partial charge in [-0.05, 0) is 42.2 Å². The van der Waals surface area contributed by atoms with Gasteiger partial charge in [-0.2, -0.15) is 0 Å². The van der Waals surface area contributed by atoms with E-state index in [-0.39, 0.29) is 17.2 Å². The molecular formula is C16H14BrNO3S. The molecule has 0 aliphatic heterocycles. The highest BCUT2D eigenvalue weighted by molar-refractivity contribution is 9.10. The number of amides is 1. The van der Waals surface area contributed by atoms with Crippen LogP contribution in [-0.2, 0) is 0 Å². The fourth-order valence-electron chi connectivity index (χ4n) is 1.89. The molecule has 1 amide bonds. The molecule has 0 atom stereocenters. The van der Waals surface area contributed by atoms with E-state index in [9.17, 15) is 14.7 Å². The van der Waals surface area contributed by atoms with E-state index in [1.54, 1.807) is 36.0 Å². The van der Waals surface area contributed by atoms with E-state index in [1.807, 2.05) is 19.1 Å². The van der Waals surface area contributed by atoms with Gasteiger partial charge in [-0.15, -0.1) is 11.8 Å². The molecule has 0 aromatic heterocycles. The molecule has 0 aliphatic rings. The van der Waals surface area contributed by atoms with Gasteiger partial charge in [0.2, 0.25) is 0 Å². The molecule has 0 unspecified atom stereocenters. The Balaban J connectivity index is 2.25. The Morgan fingerprint density at radius 3 is 2.68 bits per heavy atom.